The maximum Gasteiger partial charge on any atom is 0.118 e. The van der Waals surface area contributed by atoms with Gasteiger partial charge in [-0.2, -0.15) is 0 Å². The molecule has 1 aromatic heterocycles. The second-order valence-electron chi connectivity index (χ2n) is 4.13. The smallest absolute Gasteiger partial charge is 0.118 e. The summed E-state index contributed by atoms with van der Waals surface area (Å²) in [7, 11) is 0. The summed E-state index contributed by atoms with van der Waals surface area (Å²) in [6.07, 6.45) is 0.976. The molecule has 0 aliphatic heterocycles. The molecule has 0 aliphatic rings. The minimum Gasteiger partial charge on any atom is -0.465 e. The zero-order chi connectivity index (χ0) is 11.4. The number of hydrogen-bond donors (Lipinski definition) is 1. The molecule has 0 radical (unpaired) electrons. The molecule has 1 aromatic rings. The molecule has 1 heterocycles. The van der Waals surface area contributed by atoms with Crippen molar-refractivity contribution in [3.05, 3.63) is 23.7 Å². The van der Waals surface area contributed by atoms with Crippen LogP contribution in [0.15, 0.2) is 16.5 Å². The van der Waals surface area contributed by atoms with Crippen LogP contribution in [-0.4, -0.2) is 11.3 Å². The molecule has 0 amide bonds. The zero-order valence-electron chi connectivity index (χ0n) is 9.99. The number of nitrogens with two attached hydrogens (primary N) is 1. The fourth-order valence-corrected chi connectivity index (χ4v) is 2.73. The van der Waals surface area contributed by atoms with Crippen molar-refractivity contribution in [1.29, 1.82) is 0 Å². The summed E-state index contributed by atoms with van der Waals surface area (Å²) in [5, 5.41) is 0.849. The van der Waals surface area contributed by atoms with Gasteiger partial charge in [-0.3, -0.25) is 0 Å². The number of aryl methyl sites for hydroxylation is 1. The molecule has 0 aromatic carbocycles. The Morgan fingerprint density at radius 3 is 2.47 bits per heavy atom. The zero-order valence-corrected chi connectivity index (χ0v) is 10.8. The van der Waals surface area contributed by atoms with Crippen molar-refractivity contribution in [3.8, 4) is 0 Å². The van der Waals surface area contributed by atoms with Crippen molar-refractivity contribution in [2.45, 2.75) is 50.7 Å². The van der Waals surface area contributed by atoms with E-state index < -0.39 is 0 Å². The van der Waals surface area contributed by atoms with Crippen LogP contribution in [0.3, 0.4) is 0 Å². The Balaban J connectivity index is 2.80. The van der Waals surface area contributed by atoms with Crippen LogP contribution in [-0.2, 0) is 0 Å². The fourth-order valence-electron chi connectivity index (χ4n) is 1.49. The molecule has 0 saturated heterocycles. The Labute approximate surface area is 96.6 Å². The molecule has 15 heavy (non-hydrogen) atoms. The molecule has 1 rings (SSSR count). The number of rotatable bonds is 5. The molecule has 0 fully saturated rings. The van der Waals surface area contributed by atoms with Crippen molar-refractivity contribution >= 4 is 11.8 Å². The molecule has 2 N–H and O–H groups in total. The van der Waals surface area contributed by atoms with E-state index in [0.29, 0.717) is 5.25 Å². The molecule has 86 valence electrons. The van der Waals surface area contributed by atoms with Crippen LogP contribution in [0.2, 0.25) is 0 Å². The molecular formula is C12H21NOS. The first-order valence-corrected chi connectivity index (χ1v) is 6.46. The summed E-state index contributed by atoms with van der Waals surface area (Å²) in [6, 6.07) is 4.22. The average molecular weight is 227 g/mol. The Morgan fingerprint density at radius 2 is 2.07 bits per heavy atom. The van der Waals surface area contributed by atoms with Gasteiger partial charge in [-0.1, -0.05) is 20.8 Å². The van der Waals surface area contributed by atoms with Gasteiger partial charge >= 0.3 is 0 Å². The van der Waals surface area contributed by atoms with Gasteiger partial charge in [0.25, 0.3) is 0 Å². The molecule has 0 aliphatic carbocycles. The van der Waals surface area contributed by atoms with Crippen LogP contribution in [0.5, 0.6) is 0 Å². The van der Waals surface area contributed by atoms with Crippen LogP contribution < -0.4 is 5.73 Å². The van der Waals surface area contributed by atoms with E-state index in [0.717, 1.165) is 17.9 Å². The Hall–Kier alpha value is -0.410. The lowest BCUT2D eigenvalue weighted by Crippen LogP contribution is -2.26. The van der Waals surface area contributed by atoms with Gasteiger partial charge in [0.05, 0.1) is 5.25 Å². The summed E-state index contributed by atoms with van der Waals surface area (Å²) >= 11 is 1.88. The van der Waals surface area contributed by atoms with E-state index in [1.54, 1.807) is 0 Å². The van der Waals surface area contributed by atoms with E-state index in [2.05, 4.69) is 20.8 Å². The van der Waals surface area contributed by atoms with Gasteiger partial charge in [-0.25, -0.2) is 0 Å². The van der Waals surface area contributed by atoms with E-state index >= 15 is 0 Å². The van der Waals surface area contributed by atoms with Crippen molar-refractivity contribution in [2.24, 2.45) is 5.73 Å². The summed E-state index contributed by atoms with van der Waals surface area (Å²) in [6.45, 7) is 8.47. The second-order valence-corrected chi connectivity index (χ2v) is 5.85. The number of furan rings is 1. The first-order chi connectivity index (χ1) is 7.04. The molecule has 3 heteroatoms. The van der Waals surface area contributed by atoms with Gasteiger partial charge in [-0.15, -0.1) is 11.8 Å². The third-order valence-electron chi connectivity index (χ3n) is 2.32. The predicted octanol–water partition coefficient (Wildman–Crippen LogP) is 3.51. The van der Waals surface area contributed by atoms with Crippen LogP contribution in [0, 0.1) is 6.92 Å². The van der Waals surface area contributed by atoms with Crippen LogP contribution in [0.4, 0.5) is 0 Å². The van der Waals surface area contributed by atoms with E-state index in [1.165, 1.54) is 0 Å². The van der Waals surface area contributed by atoms with Crippen LogP contribution in [0.25, 0.3) is 0 Å². The Kier molecular flexibility index (Phi) is 4.74. The number of hydrogen-bond acceptors (Lipinski definition) is 3. The van der Waals surface area contributed by atoms with E-state index in [9.17, 15) is 0 Å². The van der Waals surface area contributed by atoms with E-state index in [4.69, 9.17) is 10.2 Å². The first-order valence-electron chi connectivity index (χ1n) is 5.52. The highest BCUT2D eigenvalue weighted by Crippen LogP contribution is 2.36. The predicted molar refractivity (Wildman–Crippen MR) is 67.2 cm³/mol. The van der Waals surface area contributed by atoms with Gasteiger partial charge in [0, 0.05) is 6.04 Å². The number of thioether (sulfide) groups is 1. The van der Waals surface area contributed by atoms with Crippen molar-refractivity contribution in [3.63, 3.8) is 0 Å². The molecular weight excluding hydrogens is 206 g/mol. The summed E-state index contributed by atoms with van der Waals surface area (Å²) in [5.41, 5.74) is 6.13. The highest BCUT2D eigenvalue weighted by atomic mass is 32.2. The largest absolute Gasteiger partial charge is 0.465 e. The van der Waals surface area contributed by atoms with Gasteiger partial charge in [0.2, 0.25) is 0 Å². The quantitative estimate of drug-likeness (QED) is 0.836. The highest BCUT2D eigenvalue weighted by Gasteiger charge is 2.23. The third kappa shape index (κ3) is 3.58. The lowest BCUT2D eigenvalue weighted by Gasteiger charge is -2.22. The summed E-state index contributed by atoms with van der Waals surface area (Å²) in [4.78, 5) is 0. The third-order valence-corrected chi connectivity index (χ3v) is 3.74. The van der Waals surface area contributed by atoms with Crippen LogP contribution >= 0.6 is 11.8 Å². The second kappa shape index (κ2) is 5.61. The van der Waals surface area contributed by atoms with Gasteiger partial charge < -0.3 is 10.2 Å². The topological polar surface area (TPSA) is 39.2 Å². The van der Waals surface area contributed by atoms with Gasteiger partial charge in [0.1, 0.15) is 11.5 Å². The minimum absolute atomic E-state index is 0.169. The fraction of sp³-hybridized carbons (Fsp3) is 0.667. The molecule has 2 unspecified atom stereocenters. The lowest BCUT2D eigenvalue weighted by atomic mass is 10.1. The Morgan fingerprint density at radius 1 is 1.40 bits per heavy atom. The van der Waals surface area contributed by atoms with Crippen molar-refractivity contribution in [2.75, 3.05) is 0 Å². The SMILES string of the molecule is CCC(N)C(SC(C)C)c1ccc(C)o1. The normalized spacial score (nSPS) is 15.6. The van der Waals surface area contributed by atoms with E-state index in [1.807, 2.05) is 30.8 Å². The van der Waals surface area contributed by atoms with Crippen molar-refractivity contribution in [1.82, 2.24) is 0 Å². The minimum atomic E-state index is 0.169. The Bertz CT molecular complexity index is 296. The molecule has 0 spiro atoms. The maximum absolute atomic E-state index is 6.13. The molecule has 0 bridgehead atoms. The highest BCUT2D eigenvalue weighted by molar-refractivity contribution is 8.00. The maximum atomic E-state index is 6.13. The lowest BCUT2D eigenvalue weighted by molar-refractivity contribution is 0.454. The average Bonchev–Trinajstić information content (AvgIpc) is 2.59. The summed E-state index contributed by atoms with van der Waals surface area (Å²) in [5.74, 6) is 1.98. The van der Waals surface area contributed by atoms with Crippen LogP contribution in [0.1, 0.15) is 44.0 Å². The molecule has 2 atom stereocenters. The molecule has 0 saturated carbocycles. The van der Waals surface area contributed by atoms with Crippen molar-refractivity contribution < 1.29 is 4.42 Å². The molecule has 2 nitrogen and oxygen atoms in total. The van der Waals surface area contributed by atoms with E-state index in [-0.39, 0.29) is 11.3 Å². The standard InChI is InChI=1S/C12H21NOS/c1-5-10(13)12(15-8(2)3)11-7-6-9(4)14-11/h6-8,10,12H,5,13H2,1-4H3. The van der Waals surface area contributed by atoms with Gasteiger partial charge in [-0.05, 0) is 30.7 Å². The van der Waals surface area contributed by atoms with Gasteiger partial charge in [0.15, 0.2) is 0 Å². The first kappa shape index (κ1) is 12.7. The summed E-state index contributed by atoms with van der Waals surface area (Å²) < 4.78 is 5.67. The monoisotopic (exact) mass is 227 g/mol.